The Labute approximate surface area is 228 Å². The number of Topliss-reactive ketones (excluding diaryl/α,β-unsaturated/α-hetero) is 3. The van der Waals surface area contributed by atoms with Crippen LogP contribution in [0.3, 0.4) is 0 Å². The van der Waals surface area contributed by atoms with Crippen LogP contribution >= 0.6 is 0 Å². The first-order chi connectivity index (χ1) is 19.0. The lowest BCUT2D eigenvalue weighted by atomic mass is 9.67. The molecule has 0 bridgehead atoms. The molecule has 2 aromatic carbocycles. The van der Waals surface area contributed by atoms with E-state index in [-0.39, 0.29) is 73.6 Å². The molecule has 10 heteroatoms. The van der Waals surface area contributed by atoms with Crippen molar-refractivity contribution in [2.75, 3.05) is 28.4 Å². The quantitative estimate of drug-likeness (QED) is 0.441. The molecule has 3 aliphatic carbocycles. The number of rotatable bonds is 5. The summed E-state index contributed by atoms with van der Waals surface area (Å²) in [6, 6.07) is 7.59. The van der Waals surface area contributed by atoms with Gasteiger partial charge in [-0.25, -0.2) is 4.79 Å². The molecule has 0 aromatic heterocycles. The molecule has 1 unspecified atom stereocenters. The van der Waals surface area contributed by atoms with E-state index >= 15 is 0 Å². The normalized spacial score (nSPS) is 19.2. The number of carbonyl (C=O) groups excluding carboxylic acids is 5. The van der Waals surface area contributed by atoms with E-state index in [1.807, 2.05) is 0 Å². The average molecular weight is 545 g/mol. The van der Waals surface area contributed by atoms with E-state index in [9.17, 15) is 29.1 Å². The molecular weight excluding hydrogens is 520 g/mol. The minimum atomic E-state index is -1.96. The molecular formula is C30H24O10. The van der Waals surface area contributed by atoms with Gasteiger partial charge in [-0.2, -0.15) is 0 Å². The van der Waals surface area contributed by atoms with E-state index in [2.05, 4.69) is 0 Å². The van der Waals surface area contributed by atoms with Crippen LogP contribution in [0.15, 0.2) is 58.7 Å². The largest absolute Gasteiger partial charge is 0.495 e. The summed E-state index contributed by atoms with van der Waals surface area (Å²) in [6.07, 6.45) is 0.960. The van der Waals surface area contributed by atoms with Crippen LogP contribution < -0.4 is 4.74 Å². The van der Waals surface area contributed by atoms with Gasteiger partial charge in [0.15, 0.2) is 11.6 Å². The molecule has 0 radical (unpaired) electrons. The van der Waals surface area contributed by atoms with Crippen LogP contribution in [0, 0.1) is 0 Å². The van der Waals surface area contributed by atoms with Gasteiger partial charge in [0.2, 0.25) is 5.78 Å². The molecule has 2 aromatic rings. The maximum absolute atomic E-state index is 14.0. The number of hydrogen-bond donors (Lipinski definition) is 1. The molecule has 0 aliphatic heterocycles. The molecule has 0 fully saturated rings. The van der Waals surface area contributed by atoms with Crippen LogP contribution in [0.5, 0.6) is 5.75 Å². The Balaban J connectivity index is 1.86. The number of fused-ring (bicyclic) bond motifs is 3. The molecule has 1 atom stereocenters. The molecule has 1 N–H and O–H groups in total. The van der Waals surface area contributed by atoms with Gasteiger partial charge in [0, 0.05) is 27.8 Å². The van der Waals surface area contributed by atoms with Crippen LogP contribution in [-0.4, -0.2) is 62.8 Å². The van der Waals surface area contributed by atoms with Crippen LogP contribution in [0.4, 0.5) is 0 Å². The summed E-state index contributed by atoms with van der Waals surface area (Å²) < 4.78 is 21.0. The van der Waals surface area contributed by atoms with Crippen molar-refractivity contribution in [3.63, 3.8) is 0 Å². The van der Waals surface area contributed by atoms with Crippen LogP contribution in [0.2, 0.25) is 0 Å². The number of methoxy groups -OCH3 is 4. The first-order valence-electron chi connectivity index (χ1n) is 12.1. The van der Waals surface area contributed by atoms with Crippen LogP contribution in [-0.2, 0) is 35.8 Å². The monoisotopic (exact) mass is 544 g/mol. The van der Waals surface area contributed by atoms with Gasteiger partial charge in [-0.3, -0.25) is 19.2 Å². The highest BCUT2D eigenvalue weighted by atomic mass is 16.5. The highest BCUT2D eigenvalue weighted by Crippen LogP contribution is 2.53. The number of ketones is 3. The van der Waals surface area contributed by atoms with E-state index < -0.39 is 34.9 Å². The van der Waals surface area contributed by atoms with Gasteiger partial charge in [0.1, 0.15) is 22.7 Å². The van der Waals surface area contributed by atoms with Crippen molar-refractivity contribution in [1.29, 1.82) is 0 Å². The fourth-order valence-corrected chi connectivity index (χ4v) is 5.52. The summed E-state index contributed by atoms with van der Waals surface area (Å²) in [5, 5.41) is 12.0. The Morgan fingerprint density at radius 2 is 1.52 bits per heavy atom. The van der Waals surface area contributed by atoms with E-state index in [1.54, 1.807) is 12.1 Å². The number of aliphatic hydroxyl groups is 1. The van der Waals surface area contributed by atoms with Gasteiger partial charge in [-0.1, -0.05) is 30.3 Å². The predicted octanol–water partition coefficient (Wildman–Crippen LogP) is 2.66. The first-order valence-corrected chi connectivity index (χ1v) is 12.1. The van der Waals surface area contributed by atoms with Crippen molar-refractivity contribution in [3.8, 4) is 5.75 Å². The van der Waals surface area contributed by atoms with Gasteiger partial charge in [0.25, 0.3) is 0 Å². The molecule has 0 saturated heterocycles. The second-order valence-electron chi connectivity index (χ2n) is 9.47. The lowest BCUT2D eigenvalue weighted by Crippen LogP contribution is -2.39. The molecule has 0 saturated carbocycles. The van der Waals surface area contributed by atoms with Crippen molar-refractivity contribution in [1.82, 2.24) is 0 Å². The standard InChI is InChI=1S/C30H24O10/c1-30(36)17-10-13(11-19(31)37-2)20(29(35)40-5)27(38-3)23(17)28(39-4)22-18(30)12-16-21(26(22)34)25(33)15-9-7-6-8-14(15)24(16)32/h6-10,12,36H,11H2,1-5H3. The number of ether oxygens (including phenoxy) is 4. The molecule has 10 nitrogen and oxygen atoms in total. The summed E-state index contributed by atoms with van der Waals surface area (Å²) in [4.78, 5) is 66.1. The van der Waals surface area contributed by atoms with Gasteiger partial charge in [0.05, 0.1) is 51.6 Å². The predicted molar refractivity (Wildman–Crippen MR) is 139 cm³/mol. The van der Waals surface area contributed by atoms with E-state index in [1.165, 1.54) is 52.5 Å². The van der Waals surface area contributed by atoms with Crippen LogP contribution in [0.25, 0.3) is 5.76 Å². The van der Waals surface area contributed by atoms with Crippen molar-refractivity contribution in [2.45, 2.75) is 18.9 Å². The molecule has 0 spiro atoms. The zero-order valence-electron chi connectivity index (χ0n) is 22.3. The van der Waals surface area contributed by atoms with Gasteiger partial charge in [-0.05, 0) is 18.6 Å². The topological polar surface area (TPSA) is 142 Å². The molecule has 5 rings (SSSR count). The zero-order chi connectivity index (χ0) is 29.1. The van der Waals surface area contributed by atoms with Crippen molar-refractivity contribution < 1.29 is 48.0 Å². The second-order valence-corrected chi connectivity index (χ2v) is 9.47. The lowest BCUT2D eigenvalue weighted by Gasteiger charge is -2.39. The Bertz CT molecular complexity index is 1670. The van der Waals surface area contributed by atoms with Crippen molar-refractivity contribution in [3.05, 3.63) is 92.1 Å². The minimum absolute atomic E-state index is 0.0121. The SMILES string of the molecule is COC(=O)Cc1cc2c(c(OC)c1C(=O)OC)C(OC)=C1C(=O)C3=C(C=C1C2(C)O)C(=O)c1ccccc1C3=O. The molecule has 0 heterocycles. The Morgan fingerprint density at radius 1 is 0.875 bits per heavy atom. The summed E-state index contributed by atoms with van der Waals surface area (Å²) in [5.74, 6) is -3.69. The van der Waals surface area contributed by atoms with Gasteiger partial charge >= 0.3 is 11.9 Å². The molecule has 0 amide bonds. The number of carbonyl (C=O) groups is 5. The fraction of sp³-hybridized carbons (Fsp3) is 0.233. The lowest BCUT2D eigenvalue weighted by molar-refractivity contribution is -0.139. The molecule has 3 aliphatic rings. The third-order valence-corrected chi connectivity index (χ3v) is 7.40. The maximum atomic E-state index is 14.0. The van der Waals surface area contributed by atoms with E-state index in [0.717, 1.165) is 7.11 Å². The third kappa shape index (κ3) is 3.56. The van der Waals surface area contributed by atoms with E-state index in [0.29, 0.717) is 0 Å². The number of esters is 2. The number of hydrogen-bond acceptors (Lipinski definition) is 10. The smallest absolute Gasteiger partial charge is 0.341 e. The third-order valence-electron chi connectivity index (χ3n) is 7.40. The Morgan fingerprint density at radius 3 is 2.10 bits per heavy atom. The Kier molecular flexibility index (Phi) is 6.30. The van der Waals surface area contributed by atoms with Crippen LogP contribution in [0.1, 0.15) is 54.7 Å². The Hall–Kier alpha value is -4.83. The van der Waals surface area contributed by atoms with Gasteiger partial charge in [-0.15, -0.1) is 0 Å². The zero-order valence-corrected chi connectivity index (χ0v) is 22.3. The summed E-state index contributed by atoms with van der Waals surface area (Å²) in [6.45, 7) is 1.39. The fourth-order valence-electron chi connectivity index (χ4n) is 5.52. The summed E-state index contributed by atoms with van der Waals surface area (Å²) in [5.41, 5.74) is -2.15. The number of benzene rings is 2. The van der Waals surface area contributed by atoms with Gasteiger partial charge < -0.3 is 24.1 Å². The minimum Gasteiger partial charge on any atom is -0.495 e. The summed E-state index contributed by atoms with van der Waals surface area (Å²) in [7, 11) is 4.89. The molecule has 40 heavy (non-hydrogen) atoms. The summed E-state index contributed by atoms with van der Waals surface area (Å²) >= 11 is 0. The highest BCUT2D eigenvalue weighted by Gasteiger charge is 2.50. The number of allylic oxidation sites excluding steroid dienone is 3. The first kappa shape index (κ1) is 26.8. The van der Waals surface area contributed by atoms with E-state index in [4.69, 9.17) is 18.9 Å². The second kappa shape index (κ2) is 9.42. The molecule has 204 valence electrons. The van der Waals surface area contributed by atoms with Crippen molar-refractivity contribution >= 4 is 35.0 Å². The highest BCUT2D eigenvalue weighted by molar-refractivity contribution is 6.42. The maximum Gasteiger partial charge on any atom is 0.341 e. The average Bonchev–Trinajstić information content (AvgIpc) is 2.95. The van der Waals surface area contributed by atoms with Crippen molar-refractivity contribution in [2.24, 2.45) is 0 Å².